The van der Waals surface area contributed by atoms with Crippen molar-refractivity contribution in [1.82, 2.24) is 10.2 Å². The fraction of sp³-hybridized carbons (Fsp3) is 0.611. The first-order valence-electron chi connectivity index (χ1n) is 8.79. The highest BCUT2D eigenvalue weighted by atomic mass is 32.2. The quantitative estimate of drug-likeness (QED) is 0.568. The van der Waals surface area contributed by atoms with E-state index in [1.807, 2.05) is 37.1 Å². The largest absolute Gasteiger partial charge is 0.497 e. The summed E-state index contributed by atoms with van der Waals surface area (Å²) in [7, 11) is 2.34. The number of rotatable bonds is 7. The van der Waals surface area contributed by atoms with Crippen molar-refractivity contribution in [3.8, 4) is 11.5 Å². The van der Waals surface area contributed by atoms with Crippen molar-refractivity contribution in [2.75, 3.05) is 45.9 Å². The second kappa shape index (κ2) is 9.12. The van der Waals surface area contributed by atoms with Gasteiger partial charge in [0.2, 0.25) is 0 Å². The Morgan fingerprint density at radius 1 is 1.35 bits per heavy atom. The number of nitrogens with zero attached hydrogens (tertiary/aromatic N) is 2. The van der Waals surface area contributed by atoms with E-state index in [1.54, 1.807) is 14.2 Å². The average molecular weight is 384 g/mol. The van der Waals surface area contributed by atoms with Gasteiger partial charge in [0.25, 0.3) is 0 Å². The standard InChI is InChI=1S/C18H29N3O4S/c1-5-19-18(20-11-14-8-9-26(22,23)13-14)21(2)12-15-6-7-16(24-3)10-17(15)25-4/h6-7,10,14H,5,8-9,11-13H2,1-4H3,(H,19,20). The van der Waals surface area contributed by atoms with Crippen LogP contribution in [0.4, 0.5) is 0 Å². The third-order valence-corrected chi connectivity index (χ3v) is 6.26. The van der Waals surface area contributed by atoms with Gasteiger partial charge in [0.15, 0.2) is 15.8 Å². The molecule has 1 N–H and O–H groups in total. The van der Waals surface area contributed by atoms with Gasteiger partial charge in [0.05, 0.1) is 25.7 Å². The molecule has 0 aliphatic carbocycles. The molecule has 1 aromatic carbocycles. The molecule has 0 aromatic heterocycles. The Labute approximate surface area is 156 Å². The highest BCUT2D eigenvalue weighted by Crippen LogP contribution is 2.25. The SMILES string of the molecule is CCNC(=NCC1CCS(=O)(=O)C1)N(C)Cc1ccc(OC)cc1OC. The molecule has 7 nitrogen and oxygen atoms in total. The van der Waals surface area contributed by atoms with E-state index >= 15 is 0 Å². The first-order valence-corrected chi connectivity index (χ1v) is 10.6. The molecule has 146 valence electrons. The molecule has 1 aliphatic rings. The van der Waals surface area contributed by atoms with Gasteiger partial charge in [0, 0.05) is 38.3 Å². The highest BCUT2D eigenvalue weighted by molar-refractivity contribution is 7.91. The molecule has 1 atom stereocenters. The van der Waals surface area contributed by atoms with E-state index in [4.69, 9.17) is 9.47 Å². The van der Waals surface area contributed by atoms with Crippen molar-refractivity contribution >= 4 is 15.8 Å². The smallest absolute Gasteiger partial charge is 0.193 e. The lowest BCUT2D eigenvalue weighted by molar-refractivity contribution is 0.382. The molecule has 1 unspecified atom stereocenters. The van der Waals surface area contributed by atoms with Gasteiger partial charge in [-0.3, -0.25) is 4.99 Å². The minimum Gasteiger partial charge on any atom is -0.497 e. The van der Waals surface area contributed by atoms with Crippen LogP contribution in [0.1, 0.15) is 18.9 Å². The van der Waals surface area contributed by atoms with Crippen molar-refractivity contribution in [2.45, 2.75) is 19.9 Å². The molecule has 1 heterocycles. The van der Waals surface area contributed by atoms with Gasteiger partial charge in [-0.2, -0.15) is 0 Å². The summed E-state index contributed by atoms with van der Waals surface area (Å²) in [5.74, 6) is 2.89. The number of sulfone groups is 1. The van der Waals surface area contributed by atoms with E-state index in [-0.39, 0.29) is 17.4 Å². The van der Waals surface area contributed by atoms with Gasteiger partial charge >= 0.3 is 0 Å². The van der Waals surface area contributed by atoms with Crippen LogP contribution in [0, 0.1) is 5.92 Å². The van der Waals surface area contributed by atoms with Crippen LogP contribution in [0.2, 0.25) is 0 Å². The van der Waals surface area contributed by atoms with Crippen molar-refractivity contribution < 1.29 is 17.9 Å². The van der Waals surface area contributed by atoms with E-state index in [2.05, 4.69) is 10.3 Å². The maximum Gasteiger partial charge on any atom is 0.193 e. The molecule has 0 amide bonds. The van der Waals surface area contributed by atoms with Gasteiger partial charge < -0.3 is 19.7 Å². The molecule has 1 saturated heterocycles. The maximum absolute atomic E-state index is 11.6. The third kappa shape index (κ3) is 5.52. The van der Waals surface area contributed by atoms with Crippen LogP contribution in [0.5, 0.6) is 11.5 Å². The number of hydrogen-bond donors (Lipinski definition) is 1. The second-order valence-corrected chi connectivity index (χ2v) is 8.73. The predicted molar refractivity (Wildman–Crippen MR) is 104 cm³/mol. The van der Waals surface area contributed by atoms with Crippen LogP contribution in [-0.4, -0.2) is 65.1 Å². The third-order valence-electron chi connectivity index (χ3n) is 4.42. The molecule has 1 fully saturated rings. The monoisotopic (exact) mass is 383 g/mol. The second-order valence-electron chi connectivity index (χ2n) is 6.50. The van der Waals surface area contributed by atoms with E-state index in [1.165, 1.54) is 0 Å². The van der Waals surface area contributed by atoms with Gasteiger partial charge in [-0.05, 0) is 31.4 Å². The van der Waals surface area contributed by atoms with E-state index in [9.17, 15) is 8.42 Å². The van der Waals surface area contributed by atoms with Crippen LogP contribution >= 0.6 is 0 Å². The molecule has 0 spiro atoms. The summed E-state index contributed by atoms with van der Waals surface area (Å²) in [4.78, 5) is 6.66. The molecular weight excluding hydrogens is 354 g/mol. The first kappa shape index (κ1) is 20.4. The number of ether oxygens (including phenoxy) is 2. The van der Waals surface area contributed by atoms with Crippen LogP contribution < -0.4 is 14.8 Å². The zero-order chi connectivity index (χ0) is 19.2. The van der Waals surface area contributed by atoms with Crippen molar-refractivity contribution in [3.05, 3.63) is 23.8 Å². The lowest BCUT2D eigenvalue weighted by Crippen LogP contribution is -2.39. The van der Waals surface area contributed by atoms with Crippen molar-refractivity contribution in [3.63, 3.8) is 0 Å². The highest BCUT2D eigenvalue weighted by Gasteiger charge is 2.27. The molecule has 1 aromatic rings. The summed E-state index contributed by atoms with van der Waals surface area (Å²) in [6, 6.07) is 5.73. The van der Waals surface area contributed by atoms with E-state index in [0.29, 0.717) is 19.5 Å². The van der Waals surface area contributed by atoms with Crippen LogP contribution in [0.25, 0.3) is 0 Å². The zero-order valence-corrected chi connectivity index (χ0v) is 16.8. The van der Waals surface area contributed by atoms with Crippen molar-refractivity contribution in [1.29, 1.82) is 0 Å². The average Bonchev–Trinajstić information content (AvgIpc) is 2.97. The topological polar surface area (TPSA) is 80.2 Å². The fourth-order valence-electron chi connectivity index (χ4n) is 3.01. The number of aliphatic imine (C=N–C) groups is 1. The number of benzene rings is 1. The Balaban J connectivity index is 2.08. The molecule has 0 radical (unpaired) electrons. The van der Waals surface area contributed by atoms with Gasteiger partial charge in [0.1, 0.15) is 11.5 Å². The van der Waals surface area contributed by atoms with Gasteiger partial charge in [-0.1, -0.05) is 0 Å². The Bertz CT molecular complexity index is 734. The van der Waals surface area contributed by atoms with Gasteiger partial charge in [-0.25, -0.2) is 8.42 Å². The number of hydrogen-bond acceptors (Lipinski definition) is 5. The fourth-order valence-corrected chi connectivity index (χ4v) is 4.86. The Kier molecular flexibility index (Phi) is 7.14. The first-order chi connectivity index (χ1) is 12.4. The molecule has 0 bridgehead atoms. The lowest BCUT2D eigenvalue weighted by Gasteiger charge is -2.23. The van der Waals surface area contributed by atoms with Crippen LogP contribution in [0.3, 0.4) is 0 Å². The molecular formula is C18H29N3O4S. The Morgan fingerprint density at radius 2 is 2.12 bits per heavy atom. The number of nitrogens with one attached hydrogen (secondary N) is 1. The predicted octanol–water partition coefficient (Wildman–Crippen LogP) is 1.54. The Morgan fingerprint density at radius 3 is 2.69 bits per heavy atom. The normalized spacial score (nSPS) is 19.2. The lowest BCUT2D eigenvalue weighted by atomic mass is 10.1. The molecule has 8 heteroatoms. The summed E-state index contributed by atoms with van der Waals surface area (Å²) in [6.45, 7) is 3.89. The zero-order valence-electron chi connectivity index (χ0n) is 16.0. The summed E-state index contributed by atoms with van der Waals surface area (Å²) in [5.41, 5.74) is 1.02. The molecule has 0 saturated carbocycles. The minimum atomic E-state index is -2.87. The maximum atomic E-state index is 11.6. The number of methoxy groups -OCH3 is 2. The molecule has 1 aliphatic heterocycles. The van der Waals surface area contributed by atoms with E-state index < -0.39 is 9.84 Å². The van der Waals surface area contributed by atoms with E-state index in [0.717, 1.165) is 29.6 Å². The summed E-state index contributed by atoms with van der Waals surface area (Å²) >= 11 is 0. The van der Waals surface area contributed by atoms with Gasteiger partial charge in [-0.15, -0.1) is 0 Å². The summed E-state index contributed by atoms with van der Waals surface area (Å²) in [6.07, 6.45) is 0.696. The molecule has 2 rings (SSSR count). The summed E-state index contributed by atoms with van der Waals surface area (Å²) < 4.78 is 33.9. The minimum absolute atomic E-state index is 0.109. The van der Waals surface area contributed by atoms with Crippen LogP contribution in [-0.2, 0) is 16.4 Å². The summed E-state index contributed by atoms with van der Waals surface area (Å²) in [5, 5.41) is 3.27. The Hall–Kier alpha value is -1.96. The molecule has 26 heavy (non-hydrogen) atoms. The van der Waals surface area contributed by atoms with Crippen LogP contribution in [0.15, 0.2) is 23.2 Å². The van der Waals surface area contributed by atoms with Crippen molar-refractivity contribution in [2.24, 2.45) is 10.9 Å². The number of guanidine groups is 1.